The summed E-state index contributed by atoms with van der Waals surface area (Å²) in [5, 5.41) is 22.9. The van der Waals surface area contributed by atoms with Crippen molar-refractivity contribution in [2.45, 2.75) is 6.18 Å². The Labute approximate surface area is 159 Å². The summed E-state index contributed by atoms with van der Waals surface area (Å²) in [5.74, 6) is 0. The van der Waals surface area contributed by atoms with Crippen molar-refractivity contribution >= 4 is 23.0 Å². The molecular weight excluding hydrogens is 403 g/mol. The molecule has 1 aromatic heterocycles. The van der Waals surface area contributed by atoms with Crippen LogP contribution in [-0.2, 0) is 6.18 Å². The number of halogens is 4. The molecule has 1 heterocycles. The van der Waals surface area contributed by atoms with E-state index in [9.17, 15) is 33.4 Å². The van der Waals surface area contributed by atoms with Gasteiger partial charge in [0.15, 0.2) is 0 Å². The Hall–Kier alpha value is -3.40. The van der Waals surface area contributed by atoms with Crippen molar-refractivity contribution in [3.63, 3.8) is 0 Å². The number of nitrogens with zero attached hydrogens (tertiary/aromatic N) is 2. The van der Waals surface area contributed by atoms with Crippen molar-refractivity contribution in [3.05, 3.63) is 79.5 Å². The number of H-pyrrole nitrogens is 1. The highest BCUT2D eigenvalue weighted by molar-refractivity contribution is 6.30. The number of hydrogen-bond donors (Lipinski definition) is 1. The average molecular weight is 412 g/mol. The number of nitrogens with one attached hydrogen (secondary N) is 1. The molecular formula is C17H9ClF3N3O4. The highest BCUT2D eigenvalue weighted by Gasteiger charge is 2.42. The second-order valence-electron chi connectivity index (χ2n) is 5.67. The van der Waals surface area contributed by atoms with Crippen molar-refractivity contribution < 1.29 is 23.0 Å². The number of non-ortho nitro benzene ring substituents is 1. The van der Waals surface area contributed by atoms with Crippen molar-refractivity contribution in [1.82, 2.24) is 4.98 Å². The fourth-order valence-electron chi connectivity index (χ4n) is 2.77. The lowest BCUT2D eigenvalue weighted by molar-refractivity contribution is -0.384. The smallest absolute Gasteiger partial charge is 0.345 e. The maximum absolute atomic E-state index is 13.6. The van der Waals surface area contributed by atoms with Crippen molar-refractivity contribution in [2.75, 3.05) is 0 Å². The SMILES string of the molecule is O=[N+]([O-])c1cccc(-c2c(C(F)(F)F)[nH]c(-c3ccc(Cl)cc3)c2[N+](=O)[O-])c1. The Morgan fingerprint density at radius 2 is 1.57 bits per heavy atom. The molecule has 0 aliphatic heterocycles. The molecule has 7 nitrogen and oxygen atoms in total. The molecule has 3 rings (SSSR count). The van der Waals surface area contributed by atoms with Gasteiger partial charge in [-0.2, -0.15) is 13.2 Å². The number of benzene rings is 2. The molecule has 0 aliphatic carbocycles. The molecule has 11 heteroatoms. The van der Waals surface area contributed by atoms with Gasteiger partial charge in [0.25, 0.3) is 5.69 Å². The molecule has 0 fully saturated rings. The van der Waals surface area contributed by atoms with Crippen LogP contribution in [0.25, 0.3) is 22.4 Å². The number of aromatic amines is 1. The zero-order valence-corrected chi connectivity index (χ0v) is 14.4. The minimum absolute atomic E-state index is 0.110. The summed E-state index contributed by atoms with van der Waals surface area (Å²) in [4.78, 5) is 23.0. The number of aromatic nitrogens is 1. The van der Waals surface area contributed by atoms with E-state index in [1.807, 2.05) is 0 Å². The highest BCUT2D eigenvalue weighted by Crippen LogP contribution is 2.47. The maximum Gasteiger partial charge on any atom is 0.432 e. The van der Waals surface area contributed by atoms with Crippen LogP contribution in [-0.4, -0.2) is 14.8 Å². The third kappa shape index (κ3) is 3.54. The molecule has 0 saturated heterocycles. The molecule has 0 radical (unpaired) electrons. The van der Waals surface area contributed by atoms with Gasteiger partial charge in [0.2, 0.25) is 0 Å². The summed E-state index contributed by atoms with van der Waals surface area (Å²) in [6.45, 7) is 0. The standard InChI is InChI=1S/C17H9ClF3N3O4/c18-11-6-4-9(5-7-11)14-15(24(27)28)13(16(22-14)17(19,20)21)10-2-1-3-12(8-10)23(25)26/h1-8,22H. The first-order valence-electron chi connectivity index (χ1n) is 7.58. The minimum atomic E-state index is -4.96. The van der Waals surface area contributed by atoms with E-state index in [0.29, 0.717) is 5.02 Å². The van der Waals surface area contributed by atoms with Gasteiger partial charge in [0, 0.05) is 22.7 Å². The molecule has 1 N–H and O–H groups in total. The van der Waals surface area contributed by atoms with Crippen molar-refractivity contribution in [2.24, 2.45) is 0 Å². The summed E-state index contributed by atoms with van der Waals surface area (Å²) in [6, 6.07) is 9.66. The first-order valence-corrected chi connectivity index (χ1v) is 7.95. The molecule has 28 heavy (non-hydrogen) atoms. The summed E-state index contributed by atoms with van der Waals surface area (Å²) in [6.07, 6.45) is -4.96. The fourth-order valence-corrected chi connectivity index (χ4v) is 2.89. The van der Waals surface area contributed by atoms with Gasteiger partial charge in [-0.3, -0.25) is 20.2 Å². The van der Waals surface area contributed by atoms with Crippen LogP contribution in [0.1, 0.15) is 5.69 Å². The second-order valence-corrected chi connectivity index (χ2v) is 6.10. The zero-order chi connectivity index (χ0) is 20.6. The van der Waals surface area contributed by atoms with Gasteiger partial charge in [-0.1, -0.05) is 35.9 Å². The van der Waals surface area contributed by atoms with Gasteiger partial charge in [-0.25, -0.2) is 0 Å². The van der Waals surface area contributed by atoms with Crippen LogP contribution in [0.3, 0.4) is 0 Å². The van der Waals surface area contributed by atoms with Gasteiger partial charge in [-0.05, 0) is 17.7 Å². The van der Waals surface area contributed by atoms with Gasteiger partial charge >= 0.3 is 11.9 Å². The molecule has 0 aliphatic rings. The number of rotatable bonds is 4. The van der Waals surface area contributed by atoms with Gasteiger partial charge in [0.1, 0.15) is 11.4 Å². The van der Waals surface area contributed by atoms with Crippen LogP contribution < -0.4 is 0 Å². The second kappa shape index (κ2) is 6.97. The lowest BCUT2D eigenvalue weighted by atomic mass is 10.0. The molecule has 3 aromatic rings. The topological polar surface area (TPSA) is 102 Å². The van der Waals surface area contributed by atoms with E-state index >= 15 is 0 Å². The van der Waals surface area contributed by atoms with E-state index in [1.54, 1.807) is 0 Å². The molecule has 0 amide bonds. The predicted molar refractivity (Wildman–Crippen MR) is 95.0 cm³/mol. The molecule has 2 aromatic carbocycles. The van der Waals surface area contributed by atoms with Crippen LogP contribution in [0.5, 0.6) is 0 Å². The summed E-state index contributed by atoms with van der Waals surface area (Å²) >= 11 is 5.77. The van der Waals surface area contributed by atoms with E-state index in [4.69, 9.17) is 11.6 Å². The predicted octanol–water partition coefficient (Wildman–Crippen LogP) is 5.84. The molecule has 144 valence electrons. The minimum Gasteiger partial charge on any atom is -0.345 e. The van der Waals surface area contributed by atoms with Gasteiger partial charge in [0.05, 0.1) is 15.4 Å². The quantitative estimate of drug-likeness (QED) is 0.430. The lowest BCUT2D eigenvalue weighted by Gasteiger charge is -2.07. The number of nitro groups is 2. The first kappa shape index (κ1) is 19.4. The largest absolute Gasteiger partial charge is 0.432 e. The highest BCUT2D eigenvalue weighted by atomic mass is 35.5. The Bertz CT molecular complexity index is 1080. The van der Waals surface area contributed by atoms with E-state index in [-0.39, 0.29) is 16.8 Å². The summed E-state index contributed by atoms with van der Waals surface area (Å²) in [5.41, 5.74) is -4.04. The van der Waals surface area contributed by atoms with Crippen LogP contribution in [0, 0.1) is 20.2 Å². The number of alkyl halides is 3. The van der Waals surface area contributed by atoms with E-state index in [0.717, 1.165) is 24.3 Å². The number of hydrogen-bond acceptors (Lipinski definition) is 4. The summed E-state index contributed by atoms with van der Waals surface area (Å²) in [7, 11) is 0. The Balaban J connectivity index is 2.37. The van der Waals surface area contributed by atoms with Crippen LogP contribution in [0.2, 0.25) is 5.02 Å². The Morgan fingerprint density at radius 3 is 2.11 bits per heavy atom. The first-order chi connectivity index (χ1) is 13.1. The van der Waals surface area contributed by atoms with Gasteiger partial charge in [-0.15, -0.1) is 0 Å². The third-order valence-corrected chi connectivity index (χ3v) is 4.17. The van der Waals surface area contributed by atoms with Crippen LogP contribution in [0.4, 0.5) is 24.5 Å². The van der Waals surface area contributed by atoms with Crippen LogP contribution in [0.15, 0.2) is 48.5 Å². The van der Waals surface area contributed by atoms with Crippen molar-refractivity contribution in [1.29, 1.82) is 0 Å². The van der Waals surface area contributed by atoms with Gasteiger partial charge < -0.3 is 4.98 Å². The molecule has 0 bridgehead atoms. The van der Waals surface area contributed by atoms with E-state index in [2.05, 4.69) is 4.98 Å². The lowest BCUT2D eigenvalue weighted by Crippen LogP contribution is -2.07. The fraction of sp³-hybridized carbons (Fsp3) is 0.0588. The van der Waals surface area contributed by atoms with E-state index < -0.39 is 38.7 Å². The maximum atomic E-state index is 13.6. The zero-order valence-electron chi connectivity index (χ0n) is 13.7. The molecule has 0 saturated carbocycles. The Morgan fingerprint density at radius 1 is 0.929 bits per heavy atom. The van der Waals surface area contributed by atoms with Crippen molar-refractivity contribution in [3.8, 4) is 22.4 Å². The van der Waals surface area contributed by atoms with Crippen LogP contribution >= 0.6 is 11.6 Å². The molecule has 0 unspecified atom stereocenters. The molecule has 0 atom stereocenters. The van der Waals surface area contributed by atoms with E-state index in [1.165, 1.54) is 24.3 Å². The molecule has 0 spiro atoms. The monoisotopic (exact) mass is 411 g/mol. The number of nitro benzene ring substituents is 1. The normalized spacial score (nSPS) is 11.4. The summed E-state index contributed by atoms with van der Waals surface area (Å²) < 4.78 is 40.9. The Kier molecular flexibility index (Phi) is 4.82. The average Bonchev–Trinajstić information content (AvgIpc) is 3.03. The third-order valence-electron chi connectivity index (χ3n) is 3.92.